The van der Waals surface area contributed by atoms with E-state index >= 15 is 0 Å². The van der Waals surface area contributed by atoms with E-state index in [1.807, 2.05) is 42.8 Å². The lowest BCUT2D eigenvalue weighted by Gasteiger charge is -2.17. The van der Waals surface area contributed by atoms with Crippen LogP contribution in [0.25, 0.3) is 38.1 Å². The summed E-state index contributed by atoms with van der Waals surface area (Å²) in [6.45, 7) is 8.17. The average molecular weight is 412 g/mol. The molecule has 0 fully saturated rings. The quantitative estimate of drug-likeness (QED) is 0.517. The van der Waals surface area contributed by atoms with E-state index in [-0.39, 0.29) is 18.9 Å². The zero-order valence-corrected chi connectivity index (χ0v) is 16.9. The van der Waals surface area contributed by atoms with Crippen molar-refractivity contribution in [3.05, 3.63) is 64.5 Å². The van der Waals surface area contributed by atoms with Gasteiger partial charge in [0.15, 0.2) is 5.78 Å². The Labute approximate surface area is 176 Å². The van der Waals surface area contributed by atoms with Gasteiger partial charge >= 0.3 is 0 Å². The third-order valence-electron chi connectivity index (χ3n) is 5.37. The van der Waals surface area contributed by atoms with Crippen molar-refractivity contribution in [2.75, 3.05) is 13.1 Å². The summed E-state index contributed by atoms with van der Waals surface area (Å²) in [5.41, 5.74) is 12.8. The van der Waals surface area contributed by atoms with Crippen LogP contribution in [0.2, 0.25) is 0 Å². The molecule has 30 heavy (non-hydrogen) atoms. The Morgan fingerprint density at radius 3 is 2.83 bits per heavy atom. The summed E-state index contributed by atoms with van der Waals surface area (Å²) < 4.78 is 6.12. The Morgan fingerprint density at radius 1 is 1.20 bits per heavy atom. The largest absolute Gasteiger partial charge is 0.325 e. The van der Waals surface area contributed by atoms with Crippen molar-refractivity contribution in [3.63, 3.8) is 0 Å². The van der Waals surface area contributed by atoms with Crippen LogP contribution in [0.5, 0.6) is 0 Å². The number of Topliss-reactive ketones (excluding diaryl/α,β-unsaturated/α-hetero) is 1. The highest BCUT2D eigenvalue weighted by Gasteiger charge is 2.23. The summed E-state index contributed by atoms with van der Waals surface area (Å²) in [4.78, 5) is 20.4. The van der Waals surface area contributed by atoms with Gasteiger partial charge in [0.05, 0.1) is 29.7 Å². The van der Waals surface area contributed by atoms with Gasteiger partial charge in [0, 0.05) is 46.6 Å². The maximum atomic E-state index is 12.3. The van der Waals surface area contributed by atoms with Gasteiger partial charge < -0.3 is 5.73 Å². The van der Waals surface area contributed by atoms with E-state index in [9.17, 15) is 4.79 Å². The number of rotatable bonds is 3. The highest BCUT2D eigenvalue weighted by atomic mass is 32.1. The standard InChI is InChI=1S/C22H16N6OS/c1-24-21-14(5-6-18-17(21)11-30-27-18)22-16(9-26-28(22)2)12-3-4-13-15(7-12)19(8-23)25-10-20(13)29/h3-7,9,11H,8,10,23H2,2H3. The van der Waals surface area contributed by atoms with Gasteiger partial charge in [-0.15, -0.1) is 0 Å². The fourth-order valence-corrected chi connectivity index (χ4v) is 4.58. The van der Waals surface area contributed by atoms with E-state index in [1.165, 1.54) is 11.5 Å². The van der Waals surface area contributed by atoms with E-state index in [4.69, 9.17) is 12.3 Å². The second-order valence-electron chi connectivity index (χ2n) is 7.00. The highest BCUT2D eigenvalue weighted by Crippen LogP contribution is 2.41. The van der Waals surface area contributed by atoms with E-state index in [2.05, 4.69) is 19.3 Å². The smallest absolute Gasteiger partial charge is 0.206 e. The molecule has 3 heterocycles. The molecule has 0 radical (unpaired) electrons. The number of aliphatic imine (C=N–C) groups is 1. The predicted octanol–water partition coefficient (Wildman–Crippen LogP) is 3.86. The van der Waals surface area contributed by atoms with Crippen LogP contribution in [0.3, 0.4) is 0 Å². The molecule has 8 heteroatoms. The average Bonchev–Trinajstić information content (AvgIpc) is 3.39. The molecular weight excluding hydrogens is 396 g/mol. The van der Waals surface area contributed by atoms with Crippen LogP contribution in [-0.4, -0.2) is 38.7 Å². The Morgan fingerprint density at radius 2 is 2.03 bits per heavy atom. The molecule has 2 aromatic carbocycles. The lowest BCUT2D eigenvalue weighted by molar-refractivity contribution is 0.1000. The number of carbonyl (C=O) groups excluding carboxylic acids is 1. The number of benzene rings is 2. The molecule has 2 aromatic heterocycles. The molecule has 5 rings (SSSR count). The first-order valence-electron chi connectivity index (χ1n) is 9.30. The van der Waals surface area contributed by atoms with Crippen molar-refractivity contribution in [1.29, 1.82) is 0 Å². The third kappa shape index (κ3) is 2.68. The molecule has 0 saturated heterocycles. The molecule has 0 atom stereocenters. The molecule has 0 bridgehead atoms. The minimum absolute atomic E-state index is 0.00846. The molecule has 1 aliphatic heterocycles. The van der Waals surface area contributed by atoms with E-state index in [0.717, 1.165) is 44.6 Å². The Balaban J connectivity index is 1.73. The van der Waals surface area contributed by atoms with Gasteiger partial charge in [-0.3, -0.25) is 14.5 Å². The molecule has 0 unspecified atom stereocenters. The maximum Gasteiger partial charge on any atom is 0.206 e. The van der Waals surface area contributed by atoms with Crippen molar-refractivity contribution in [2.24, 2.45) is 17.8 Å². The molecule has 0 amide bonds. The molecule has 7 nitrogen and oxygen atoms in total. The molecule has 0 saturated carbocycles. The van der Waals surface area contributed by atoms with Crippen LogP contribution in [-0.2, 0) is 7.05 Å². The number of nitrogens with two attached hydrogens (primary N) is 1. The first-order chi connectivity index (χ1) is 14.6. The monoisotopic (exact) mass is 412 g/mol. The SMILES string of the molecule is [C-]#[N+]c1c(-c2c(-c3ccc4c(c3)C(CN)=NCC4=O)cnn2C)ccc2nscc12. The molecule has 146 valence electrons. The summed E-state index contributed by atoms with van der Waals surface area (Å²) in [6, 6.07) is 9.54. The highest BCUT2D eigenvalue weighted by molar-refractivity contribution is 7.04. The van der Waals surface area contributed by atoms with Crippen LogP contribution in [0.1, 0.15) is 15.9 Å². The summed E-state index contributed by atoms with van der Waals surface area (Å²) in [5, 5.41) is 7.20. The lowest BCUT2D eigenvalue weighted by atomic mass is 9.91. The van der Waals surface area contributed by atoms with Crippen molar-refractivity contribution in [2.45, 2.75) is 0 Å². The first kappa shape index (κ1) is 18.4. The Bertz CT molecular complexity index is 1410. The normalized spacial score (nSPS) is 13.2. The number of carbonyl (C=O) groups is 1. The van der Waals surface area contributed by atoms with E-state index < -0.39 is 0 Å². The van der Waals surface area contributed by atoms with Gasteiger partial charge in [0.25, 0.3) is 0 Å². The van der Waals surface area contributed by atoms with Crippen LogP contribution in [0, 0.1) is 6.57 Å². The number of fused-ring (bicyclic) bond motifs is 2. The molecule has 0 aliphatic carbocycles. The fraction of sp³-hybridized carbons (Fsp3) is 0.136. The molecular formula is C22H16N6OS. The van der Waals surface area contributed by atoms with Crippen LogP contribution < -0.4 is 5.73 Å². The number of hydrogen-bond donors (Lipinski definition) is 1. The number of hydrogen-bond acceptors (Lipinski definition) is 6. The van der Waals surface area contributed by atoms with Crippen LogP contribution in [0.15, 0.2) is 46.9 Å². The number of aromatic nitrogens is 3. The predicted molar refractivity (Wildman–Crippen MR) is 118 cm³/mol. The zero-order valence-electron chi connectivity index (χ0n) is 16.1. The van der Waals surface area contributed by atoms with Crippen molar-refractivity contribution in [1.82, 2.24) is 14.2 Å². The van der Waals surface area contributed by atoms with Crippen LogP contribution in [0.4, 0.5) is 5.69 Å². The van der Waals surface area contributed by atoms with Crippen molar-refractivity contribution < 1.29 is 4.79 Å². The first-order valence-corrected chi connectivity index (χ1v) is 10.1. The van der Waals surface area contributed by atoms with Crippen molar-refractivity contribution >= 4 is 39.6 Å². The molecule has 2 N–H and O–H groups in total. The molecule has 4 aromatic rings. The molecule has 1 aliphatic rings. The third-order valence-corrected chi connectivity index (χ3v) is 6.01. The maximum absolute atomic E-state index is 12.3. The fourth-order valence-electron chi connectivity index (χ4n) is 3.91. The topological polar surface area (TPSA) is 90.5 Å². The zero-order chi connectivity index (χ0) is 20.8. The Hall–Kier alpha value is -3.67. The summed E-state index contributed by atoms with van der Waals surface area (Å²) in [7, 11) is 1.86. The second-order valence-corrected chi connectivity index (χ2v) is 7.63. The van der Waals surface area contributed by atoms with E-state index in [0.29, 0.717) is 11.3 Å². The van der Waals surface area contributed by atoms with Gasteiger partial charge in [-0.1, -0.05) is 18.2 Å². The minimum atomic E-state index is -0.00846. The Kier molecular flexibility index (Phi) is 4.28. The van der Waals surface area contributed by atoms with E-state index in [1.54, 1.807) is 10.9 Å². The summed E-state index contributed by atoms with van der Waals surface area (Å²) in [6.07, 6.45) is 1.78. The van der Waals surface area contributed by atoms with Gasteiger partial charge in [0.1, 0.15) is 6.54 Å². The van der Waals surface area contributed by atoms with Crippen molar-refractivity contribution in [3.8, 4) is 22.4 Å². The number of aryl methyl sites for hydroxylation is 1. The molecule has 0 spiro atoms. The summed E-state index contributed by atoms with van der Waals surface area (Å²) in [5.74, 6) is -0.00846. The number of ketones is 1. The second kappa shape index (κ2) is 6.99. The lowest BCUT2D eigenvalue weighted by Crippen LogP contribution is -2.24. The minimum Gasteiger partial charge on any atom is -0.325 e. The summed E-state index contributed by atoms with van der Waals surface area (Å²) >= 11 is 1.34. The van der Waals surface area contributed by atoms with Gasteiger partial charge in [-0.2, -0.15) is 9.47 Å². The van der Waals surface area contributed by atoms with Gasteiger partial charge in [-0.05, 0) is 29.2 Å². The van der Waals surface area contributed by atoms with Gasteiger partial charge in [-0.25, -0.2) is 4.85 Å². The number of nitrogens with zero attached hydrogens (tertiary/aromatic N) is 5. The van der Waals surface area contributed by atoms with Gasteiger partial charge in [0.2, 0.25) is 5.69 Å². The van der Waals surface area contributed by atoms with Crippen LogP contribution >= 0.6 is 11.5 Å².